The number of carbonyl (C=O) groups is 3. The normalized spacial score (nSPS) is 15.0. The van der Waals surface area contributed by atoms with Crippen molar-refractivity contribution in [2.45, 2.75) is 13.5 Å². The van der Waals surface area contributed by atoms with E-state index in [0.717, 1.165) is 20.5 Å². The van der Waals surface area contributed by atoms with Crippen molar-refractivity contribution in [2.75, 3.05) is 4.90 Å². The molecule has 1 heterocycles. The van der Waals surface area contributed by atoms with Gasteiger partial charge in [0.15, 0.2) is 0 Å². The van der Waals surface area contributed by atoms with Crippen LogP contribution in [0.3, 0.4) is 0 Å². The quantitative estimate of drug-likeness (QED) is 0.270. The third-order valence-electron chi connectivity index (χ3n) is 5.08. The molecule has 0 unspecified atom stereocenters. The van der Waals surface area contributed by atoms with Crippen molar-refractivity contribution in [3.8, 4) is 5.75 Å². The molecule has 9 heteroatoms. The van der Waals surface area contributed by atoms with E-state index in [4.69, 9.17) is 16.3 Å². The molecule has 6 nitrogen and oxygen atoms in total. The fraction of sp³-hybridized carbons (Fsp3) is 0.0800. The Hall–Kier alpha value is -2.94. The highest BCUT2D eigenvalue weighted by molar-refractivity contribution is 9.10. The van der Waals surface area contributed by atoms with E-state index in [1.807, 2.05) is 19.1 Å². The summed E-state index contributed by atoms with van der Waals surface area (Å²) in [6.07, 6.45) is 1.44. The van der Waals surface area contributed by atoms with Crippen molar-refractivity contribution in [1.82, 2.24) is 5.32 Å². The minimum Gasteiger partial charge on any atom is -0.488 e. The summed E-state index contributed by atoms with van der Waals surface area (Å²) in [6.45, 7) is 2.19. The number of aryl methyl sites for hydroxylation is 1. The van der Waals surface area contributed by atoms with Crippen LogP contribution in [-0.4, -0.2) is 17.8 Å². The van der Waals surface area contributed by atoms with Crippen LogP contribution in [0, 0.1) is 6.92 Å². The first-order chi connectivity index (χ1) is 16.2. The number of urea groups is 1. The van der Waals surface area contributed by atoms with Gasteiger partial charge in [0, 0.05) is 9.50 Å². The second-order valence-corrected chi connectivity index (χ2v) is 9.64. The molecule has 0 saturated carbocycles. The van der Waals surface area contributed by atoms with Gasteiger partial charge in [0.25, 0.3) is 11.8 Å². The second kappa shape index (κ2) is 10.1. The topological polar surface area (TPSA) is 75.7 Å². The number of anilines is 1. The molecule has 1 aliphatic heterocycles. The number of imide groups is 2. The summed E-state index contributed by atoms with van der Waals surface area (Å²) in [7, 11) is 0. The molecule has 0 aromatic heterocycles. The van der Waals surface area contributed by atoms with Crippen molar-refractivity contribution in [1.29, 1.82) is 0 Å². The Balaban J connectivity index is 1.56. The van der Waals surface area contributed by atoms with Gasteiger partial charge >= 0.3 is 6.03 Å². The monoisotopic (exact) mass is 602 g/mol. The molecule has 1 aliphatic rings. The minimum atomic E-state index is -0.791. The smallest absolute Gasteiger partial charge is 0.335 e. The summed E-state index contributed by atoms with van der Waals surface area (Å²) in [5.74, 6) is -0.854. The van der Waals surface area contributed by atoms with E-state index >= 15 is 0 Å². The van der Waals surface area contributed by atoms with E-state index in [1.165, 1.54) is 6.08 Å². The van der Waals surface area contributed by atoms with Gasteiger partial charge in [-0.25, -0.2) is 9.69 Å². The molecule has 34 heavy (non-hydrogen) atoms. The largest absolute Gasteiger partial charge is 0.488 e. The third-order valence-corrected chi connectivity index (χ3v) is 6.84. The molecule has 0 bridgehead atoms. The number of hydrogen-bond acceptors (Lipinski definition) is 4. The maximum Gasteiger partial charge on any atom is 0.335 e. The number of ether oxygens (including phenoxy) is 1. The lowest BCUT2D eigenvalue weighted by molar-refractivity contribution is -0.122. The van der Waals surface area contributed by atoms with Gasteiger partial charge in [-0.2, -0.15) is 0 Å². The van der Waals surface area contributed by atoms with Gasteiger partial charge in [-0.05, 0) is 88.1 Å². The first kappa shape index (κ1) is 24.2. The van der Waals surface area contributed by atoms with Crippen LogP contribution in [0.4, 0.5) is 10.5 Å². The van der Waals surface area contributed by atoms with E-state index in [9.17, 15) is 14.4 Å². The average molecular weight is 605 g/mol. The van der Waals surface area contributed by atoms with E-state index in [-0.39, 0.29) is 5.57 Å². The van der Waals surface area contributed by atoms with Crippen LogP contribution < -0.4 is 15.0 Å². The summed E-state index contributed by atoms with van der Waals surface area (Å²) >= 11 is 12.8. The first-order valence-electron chi connectivity index (χ1n) is 10.1. The van der Waals surface area contributed by atoms with E-state index in [0.29, 0.717) is 33.1 Å². The highest BCUT2D eigenvalue weighted by Gasteiger charge is 2.36. The van der Waals surface area contributed by atoms with Gasteiger partial charge in [0.2, 0.25) is 0 Å². The molecule has 0 spiro atoms. The van der Waals surface area contributed by atoms with Gasteiger partial charge < -0.3 is 4.74 Å². The standard InChI is InChI=1S/C25H17Br2ClN2O4/c1-14-10-18(7-8-20(14)26)30-24(32)19(23(31)29-25(30)33)11-16-4-9-22(21(27)12-16)34-13-15-2-5-17(28)6-3-15/h2-12H,13H2,1H3,(H,29,31,33)/b19-11+. The number of carbonyl (C=O) groups excluding carboxylic acids is 3. The molecular weight excluding hydrogens is 588 g/mol. The molecule has 4 amide bonds. The highest BCUT2D eigenvalue weighted by atomic mass is 79.9. The van der Waals surface area contributed by atoms with Crippen LogP contribution in [-0.2, 0) is 16.2 Å². The van der Waals surface area contributed by atoms with Gasteiger partial charge in [0.05, 0.1) is 10.2 Å². The van der Waals surface area contributed by atoms with E-state index in [1.54, 1.807) is 48.5 Å². The average Bonchev–Trinajstić information content (AvgIpc) is 2.79. The van der Waals surface area contributed by atoms with Crippen LogP contribution >= 0.6 is 43.5 Å². The zero-order valence-corrected chi connectivity index (χ0v) is 21.7. The summed E-state index contributed by atoms with van der Waals surface area (Å²) in [5.41, 5.74) is 2.61. The number of nitrogens with one attached hydrogen (secondary N) is 1. The van der Waals surface area contributed by atoms with E-state index in [2.05, 4.69) is 37.2 Å². The van der Waals surface area contributed by atoms with Crippen molar-refractivity contribution >= 4 is 73.1 Å². The Morgan fingerprint density at radius 2 is 1.71 bits per heavy atom. The first-order valence-corrected chi connectivity index (χ1v) is 12.0. The number of benzene rings is 3. The SMILES string of the molecule is Cc1cc(N2C(=O)NC(=O)/C(=C\c3ccc(OCc4ccc(Cl)cc4)c(Br)c3)C2=O)ccc1Br. The predicted octanol–water partition coefficient (Wildman–Crippen LogP) is 6.42. The van der Waals surface area contributed by atoms with Gasteiger partial charge in [-0.1, -0.05) is 45.7 Å². The van der Waals surface area contributed by atoms with E-state index < -0.39 is 17.8 Å². The Bertz CT molecular complexity index is 1340. The van der Waals surface area contributed by atoms with Crippen LogP contribution in [0.5, 0.6) is 5.75 Å². The molecule has 4 rings (SSSR count). The predicted molar refractivity (Wildman–Crippen MR) is 138 cm³/mol. The number of barbiturate groups is 1. The third kappa shape index (κ3) is 5.24. The van der Waals surface area contributed by atoms with Gasteiger partial charge in [-0.3, -0.25) is 14.9 Å². The number of rotatable bonds is 5. The molecule has 172 valence electrons. The summed E-state index contributed by atoms with van der Waals surface area (Å²) in [6, 6.07) is 16.8. The lowest BCUT2D eigenvalue weighted by Crippen LogP contribution is -2.54. The molecule has 0 atom stereocenters. The van der Waals surface area contributed by atoms with Crippen LogP contribution in [0.15, 0.2) is 75.2 Å². The van der Waals surface area contributed by atoms with Crippen LogP contribution in [0.1, 0.15) is 16.7 Å². The summed E-state index contributed by atoms with van der Waals surface area (Å²) in [5, 5.41) is 2.88. The molecule has 0 aliphatic carbocycles. The second-order valence-electron chi connectivity index (χ2n) is 7.50. The maximum absolute atomic E-state index is 13.1. The Morgan fingerprint density at radius 1 is 0.971 bits per heavy atom. The van der Waals surface area contributed by atoms with Crippen molar-refractivity contribution in [3.05, 3.63) is 96.9 Å². The number of amides is 4. The minimum absolute atomic E-state index is 0.151. The summed E-state index contributed by atoms with van der Waals surface area (Å²) < 4.78 is 7.34. The van der Waals surface area contributed by atoms with Crippen molar-refractivity contribution in [3.63, 3.8) is 0 Å². The van der Waals surface area contributed by atoms with Gasteiger partial charge in [-0.15, -0.1) is 0 Å². The van der Waals surface area contributed by atoms with Crippen molar-refractivity contribution in [2.24, 2.45) is 0 Å². The number of hydrogen-bond donors (Lipinski definition) is 1. The van der Waals surface area contributed by atoms with Crippen LogP contribution in [0.25, 0.3) is 6.08 Å². The van der Waals surface area contributed by atoms with Gasteiger partial charge in [0.1, 0.15) is 17.9 Å². The molecule has 1 N–H and O–H groups in total. The molecular formula is C25H17Br2ClN2O4. The summed E-state index contributed by atoms with van der Waals surface area (Å²) in [4.78, 5) is 38.9. The lowest BCUT2D eigenvalue weighted by Gasteiger charge is -2.26. The van der Waals surface area contributed by atoms with Crippen molar-refractivity contribution < 1.29 is 19.1 Å². The molecule has 0 radical (unpaired) electrons. The molecule has 1 saturated heterocycles. The Morgan fingerprint density at radius 3 is 2.38 bits per heavy atom. The fourth-order valence-corrected chi connectivity index (χ4v) is 4.18. The zero-order valence-electron chi connectivity index (χ0n) is 17.8. The molecule has 3 aromatic rings. The molecule has 1 fully saturated rings. The lowest BCUT2D eigenvalue weighted by atomic mass is 10.1. The molecule has 3 aromatic carbocycles. The Labute approximate surface area is 217 Å². The number of halogens is 3. The Kier molecular flexibility index (Phi) is 7.21. The fourth-order valence-electron chi connectivity index (χ4n) is 3.29. The maximum atomic E-state index is 13.1. The zero-order chi connectivity index (χ0) is 24.4. The van der Waals surface area contributed by atoms with Crippen LogP contribution in [0.2, 0.25) is 5.02 Å². The highest BCUT2D eigenvalue weighted by Crippen LogP contribution is 2.30. The number of nitrogens with zero attached hydrogens (tertiary/aromatic N) is 1.